The number of rotatable bonds is 9. The third-order valence-corrected chi connectivity index (χ3v) is 4.91. The maximum atomic E-state index is 12.4. The summed E-state index contributed by atoms with van der Waals surface area (Å²) in [6, 6.07) is 1.77. The van der Waals surface area contributed by atoms with E-state index in [1.807, 2.05) is 25.5 Å². The van der Waals surface area contributed by atoms with Crippen molar-refractivity contribution in [3.05, 3.63) is 18.0 Å². The fraction of sp³-hybridized carbons (Fsp3) is 0.714. The van der Waals surface area contributed by atoms with Crippen LogP contribution in [0.1, 0.15) is 45.7 Å². The fourth-order valence-corrected chi connectivity index (χ4v) is 3.69. The lowest BCUT2D eigenvalue weighted by Gasteiger charge is -2.15. The second-order valence-corrected chi connectivity index (χ2v) is 6.71. The van der Waals surface area contributed by atoms with Crippen LogP contribution in [-0.4, -0.2) is 26.1 Å². The molecule has 0 saturated carbocycles. The van der Waals surface area contributed by atoms with Crippen molar-refractivity contribution >= 4 is 10.0 Å². The molecule has 1 atom stereocenters. The summed E-state index contributed by atoms with van der Waals surface area (Å²) in [6.07, 6.45) is 4.37. The molecule has 116 valence electrons. The monoisotopic (exact) mass is 301 g/mol. The van der Waals surface area contributed by atoms with E-state index < -0.39 is 10.0 Å². The Kier molecular flexibility index (Phi) is 6.71. The zero-order valence-electron chi connectivity index (χ0n) is 12.9. The molecular formula is C14H27N3O2S. The molecule has 0 bridgehead atoms. The first kappa shape index (κ1) is 17.2. The normalized spacial score (nSPS) is 13.6. The lowest BCUT2D eigenvalue weighted by Crippen LogP contribution is -2.34. The molecule has 20 heavy (non-hydrogen) atoms. The van der Waals surface area contributed by atoms with Gasteiger partial charge in [0.2, 0.25) is 10.0 Å². The van der Waals surface area contributed by atoms with E-state index in [1.54, 1.807) is 12.3 Å². The molecule has 6 heteroatoms. The standard InChI is InChI=1S/C14H27N3O2S/c1-5-8-12(6-2)16-20(18,19)14-9-13(10-15-4)17(7-3)11-14/h9,11-12,15-16H,5-8,10H2,1-4H3. The highest BCUT2D eigenvalue weighted by Crippen LogP contribution is 2.16. The summed E-state index contributed by atoms with van der Waals surface area (Å²) in [6.45, 7) is 7.51. The molecule has 1 unspecified atom stereocenters. The van der Waals surface area contributed by atoms with Crippen molar-refractivity contribution in [2.24, 2.45) is 0 Å². The number of nitrogens with one attached hydrogen (secondary N) is 2. The Hall–Kier alpha value is -0.850. The lowest BCUT2D eigenvalue weighted by molar-refractivity contribution is 0.512. The molecular weight excluding hydrogens is 274 g/mol. The number of sulfonamides is 1. The third-order valence-electron chi connectivity index (χ3n) is 3.42. The fourth-order valence-electron chi connectivity index (χ4n) is 2.28. The first-order valence-corrected chi connectivity index (χ1v) is 8.82. The maximum Gasteiger partial charge on any atom is 0.242 e. The molecule has 1 aromatic heterocycles. The number of hydrogen-bond donors (Lipinski definition) is 2. The average Bonchev–Trinajstić information content (AvgIpc) is 2.82. The summed E-state index contributed by atoms with van der Waals surface area (Å²) in [5, 5.41) is 3.06. The smallest absolute Gasteiger partial charge is 0.242 e. The van der Waals surface area contributed by atoms with E-state index in [9.17, 15) is 8.42 Å². The molecule has 0 radical (unpaired) electrons. The molecule has 0 aliphatic carbocycles. The van der Waals surface area contributed by atoms with Crippen LogP contribution in [-0.2, 0) is 23.1 Å². The van der Waals surface area contributed by atoms with Crippen molar-refractivity contribution < 1.29 is 8.42 Å². The second kappa shape index (κ2) is 7.81. The molecule has 1 aromatic rings. The van der Waals surface area contributed by atoms with Crippen LogP contribution in [0, 0.1) is 0 Å². The highest BCUT2D eigenvalue weighted by molar-refractivity contribution is 7.89. The van der Waals surface area contributed by atoms with Gasteiger partial charge in [-0.1, -0.05) is 20.3 Å². The van der Waals surface area contributed by atoms with Gasteiger partial charge in [0, 0.05) is 31.0 Å². The molecule has 5 nitrogen and oxygen atoms in total. The SMILES string of the molecule is CCCC(CC)NS(=O)(=O)c1cc(CNC)n(CC)c1. The van der Waals surface area contributed by atoms with Crippen molar-refractivity contribution in [1.82, 2.24) is 14.6 Å². The first-order valence-electron chi connectivity index (χ1n) is 7.34. The van der Waals surface area contributed by atoms with Crippen molar-refractivity contribution in [1.29, 1.82) is 0 Å². The molecule has 0 amide bonds. The Bertz CT molecular complexity index is 508. The van der Waals surface area contributed by atoms with Gasteiger partial charge in [-0.15, -0.1) is 0 Å². The van der Waals surface area contributed by atoms with Crippen LogP contribution in [0.15, 0.2) is 17.2 Å². The van der Waals surface area contributed by atoms with Gasteiger partial charge in [0.1, 0.15) is 0 Å². The summed E-state index contributed by atoms with van der Waals surface area (Å²) < 4.78 is 29.6. The Morgan fingerprint density at radius 2 is 2.00 bits per heavy atom. The Labute approximate surface area is 122 Å². The van der Waals surface area contributed by atoms with Crippen molar-refractivity contribution in [2.45, 2.75) is 64.1 Å². The van der Waals surface area contributed by atoms with Crippen LogP contribution in [0.5, 0.6) is 0 Å². The van der Waals surface area contributed by atoms with Crippen LogP contribution >= 0.6 is 0 Å². The predicted octanol–water partition coefficient (Wildman–Crippen LogP) is 2.08. The highest BCUT2D eigenvalue weighted by Gasteiger charge is 2.21. The largest absolute Gasteiger partial charge is 0.349 e. The molecule has 1 rings (SSSR count). The topological polar surface area (TPSA) is 63.1 Å². The van der Waals surface area contributed by atoms with Crippen molar-refractivity contribution in [3.63, 3.8) is 0 Å². The second-order valence-electron chi connectivity index (χ2n) is 5.00. The van der Waals surface area contributed by atoms with E-state index in [1.165, 1.54) is 0 Å². The number of aromatic nitrogens is 1. The molecule has 2 N–H and O–H groups in total. The van der Waals surface area contributed by atoms with E-state index in [-0.39, 0.29) is 6.04 Å². The minimum absolute atomic E-state index is 0.0164. The van der Waals surface area contributed by atoms with Crippen molar-refractivity contribution in [3.8, 4) is 0 Å². The Balaban J connectivity index is 2.97. The van der Waals surface area contributed by atoms with Crippen LogP contribution in [0.4, 0.5) is 0 Å². The van der Waals surface area contributed by atoms with E-state index >= 15 is 0 Å². The molecule has 0 spiro atoms. The average molecular weight is 301 g/mol. The Morgan fingerprint density at radius 3 is 2.50 bits per heavy atom. The van der Waals surface area contributed by atoms with Gasteiger partial charge in [-0.05, 0) is 32.9 Å². The van der Waals surface area contributed by atoms with Gasteiger partial charge in [-0.2, -0.15) is 0 Å². The summed E-state index contributed by atoms with van der Waals surface area (Å²) in [4.78, 5) is 0.360. The van der Waals surface area contributed by atoms with Gasteiger partial charge in [0.05, 0.1) is 4.90 Å². The van der Waals surface area contributed by atoms with Crippen LogP contribution in [0.3, 0.4) is 0 Å². The van der Waals surface area contributed by atoms with Gasteiger partial charge in [0.15, 0.2) is 0 Å². The van der Waals surface area contributed by atoms with E-state index in [4.69, 9.17) is 0 Å². The number of hydrogen-bond acceptors (Lipinski definition) is 3. The van der Waals surface area contributed by atoms with Crippen LogP contribution < -0.4 is 10.0 Å². The summed E-state index contributed by atoms with van der Waals surface area (Å²) in [7, 11) is -1.57. The number of nitrogens with zero attached hydrogens (tertiary/aromatic N) is 1. The van der Waals surface area contributed by atoms with Crippen LogP contribution in [0.25, 0.3) is 0 Å². The first-order chi connectivity index (χ1) is 9.48. The van der Waals surface area contributed by atoms with Gasteiger partial charge < -0.3 is 9.88 Å². The van der Waals surface area contributed by atoms with E-state index in [2.05, 4.69) is 17.0 Å². The van der Waals surface area contributed by atoms with Crippen LogP contribution in [0.2, 0.25) is 0 Å². The molecule has 0 fully saturated rings. The highest BCUT2D eigenvalue weighted by atomic mass is 32.2. The minimum atomic E-state index is -3.42. The third kappa shape index (κ3) is 4.33. The van der Waals surface area contributed by atoms with E-state index in [0.717, 1.165) is 31.5 Å². The molecule has 0 aliphatic rings. The van der Waals surface area contributed by atoms with Crippen molar-refractivity contribution in [2.75, 3.05) is 7.05 Å². The summed E-state index contributed by atoms with van der Waals surface area (Å²) in [5.41, 5.74) is 0.985. The summed E-state index contributed by atoms with van der Waals surface area (Å²) in [5.74, 6) is 0. The Morgan fingerprint density at radius 1 is 1.30 bits per heavy atom. The minimum Gasteiger partial charge on any atom is -0.349 e. The lowest BCUT2D eigenvalue weighted by atomic mass is 10.1. The molecule has 0 aliphatic heterocycles. The number of aryl methyl sites for hydroxylation is 1. The van der Waals surface area contributed by atoms with Gasteiger partial charge in [0.25, 0.3) is 0 Å². The predicted molar refractivity (Wildman–Crippen MR) is 82.2 cm³/mol. The zero-order valence-corrected chi connectivity index (χ0v) is 13.8. The molecule has 1 heterocycles. The molecule has 0 aromatic carbocycles. The molecule has 0 saturated heterocycles. The van der Waals surface area contributed by atoms with Gasteiger partial charge in [-0.25, -0.2) is 13.1 Å². The van der Waals surface area contributed by atoms with Gasteiger partial charge in [-0.3, -0.25) is 0 Å². The van der Waals surface area contributed by atoms with Gasteiger partial charge >= 0.3 is 0 Å². The quantitative estimate of drug-likeness (QED) is 0.734. The zero-order chi connectivity index (χ0) is 15.2. The van der Waals surface area contributed by atoms with E-state index in [0.29, 0.717) is 11.4 Å². The maximum absolute atomic E-state index is 12.4. The summed E-state index contributed by atoms with van der Waals surface area (Å²) >= 11 is 0.